The van der Waals surface area contributed by atoms with E-state index in [1.165, 1.54) is 66.3 Å². The lowest BCUT2D eigenvalue weighted by atomic mass is 9.51. The van der Waals surface area contributed by atoms with Crippen LogP contribution < -0.4 is 4.74 Å². The van der Waals surface area contributed by atoms with Gasteiger partial charge in [0, 0.05) is 44.3 Å². The molecule has 2 aliphatic carbocycles. The number of hydrogen-bond donors (Lipinski definition) is 0. The van der Waals surface area contributed by atoms with Crippen LogP contribution in [0.3, 0.4) is 0 Å². The molecule has 11 aromatic carbocycles. The summed E-state index contributed by atoms with van der Waals surface area (Å²) in [4.78, 5) is 10.6. The van der Waals surface area contributed by atoms with E-state index in [1.54, 1.807) is 0 Å². The average molecular weight is 968 g/mol. The highest BCUT2D eigenvalue weighted by atomic mass is 16.5. The van der Waals surface area contributed by atoms with Gasteiger partial charge in [-0.1, -0.05) is 224 Å². The van der Waals surface area contributed by atoms with Gasteiger partial charge in [0.2, 0.25) is 0 Å². The van der Waals surface area contributed by atoms with Crippen molar-refractivity contribution in [2.24, 2.45) is 0 Å². The summed E-state index contributed by atoms with van der Waals surface area (Å²) in [7, 11) is 0. The second-order valence-corrected chi connectivity index (χ2v) is 20.3. The largest absolute Gasteiger partial charge is 0.457 e. The zero-order valence-corrected chi connectivity index (χ0v) is 41.2. The Labute approximate surface area is 440 Å². The van der Waals surface area contributed by atoms with Crippen molar-refractivity contribution >= 4 is 21.8 Å². The number of ether oxygens (including phenoxy) is 1. The highest BCUT2D eigenvalue weighted by Gasteiger charge is 2.58. The van der Waals surface area contributed by atoms with Crippen molar-refractivity contribution in [2.45, 2.75) is 10.8 Å². The van der Waals surface area contributed by atoms with Crippen LogP contribution in [0.1, 0.15) is 44.5 Å². The minimum Gasteiger partial charge on any atom is -0.457 e. The molecule has 13 aromatic rings. The van der Waals surface area contributed by atoms with Gasteiger partial charge < -0.3 is 9.30 Å². The van der Waals surface area contributed by atoms with Crippen LogP contribution in [-0.2, 0) is 10.8 Å². The Morgan fingerprint density at radius 1 is 0.289 bits per heavy atom. The topological polar surface area (TPSA) is 39.9 Å². The molecule has 4 heteroatoms. The van der Waals surface area contributed by atoms with Gasteiger partial charge in [-0.2, -0.15) is 0 Å². The molecule has 76 heavy (non-hydrogen) atoms. The van der Waals surface area contributed by atoms with Crippen molar-refractivity contribution in [1.29, 1.82) is 0 Å². The third-order valence-electron chi connectivity index (χ3n) is 16.6. The smallest absolute Gasteiger partial charge is 0.160 e. The second kappa shape index (κ2) is 16.3. The summed E-state index contributed by atoms with van der Waals surface area (Å²) < 4.78 is 9.47. The van der Waals surface area contributed by atoms with Gasteiger partial charge in [-0.3, -0.25) is 0 Å². The fourth-order valence-corrected chi connectivity index (χ4v) is 13.5. The highest BCUT2D eigenvalue weighted by molar-refractivity contribution is 6.09. The third-order valence-corrected chi connectivity index (χ3v) is 16.6. The van der Waals surface area contributed by atoms with Gasteiger partial charge in [-0.15, -0.1) is 0 Å². The first-order valence-corrected chi connectivity index (χ1v) is 26.1. The van der Waals surface area contributed by atoms with Crippen LogP contribution in [0.4, 0.5) is 0 Å². The lowest BCUT2D eigenvalue weighted by Gasteiger charge is -2.51. The summed E-state index contributed by atoms with van der Waals surface area (Å²) in [5, 5.41) is 2.48. The number of nitrogens with zero attached hydrogens (tertiary/aromatic N) is 3. The minimum absolute atomic E-state index is 0.518. The van der Waals surface area contributed by atoms with Crippen LogP contribution in [0.5, 0.6) is 11.5 Å². The number of hydrogen-bond acceptors (Lipinski definition) is 3. The maximum Gasteiger partial charge on any atom is 0.160 e. The fraction of sp³-hybridized carbons (Fsp3) is 0.0278. The molecule has 354 valence electrons. The SMILES string of the molecule is c1ccc(-c2cc(-c3ccc(-n4c5ccccc5c5ccccc54)cc3)nc(-c3cccc(-c4ccc5c(c4)Oc4ccccc4C54c5ccccc5C5(c6ccccc6-c6ccccc65)c5ccccc54)c3)n2)cc1. The number of rotatable bonds is 5. The van der Waals surface area contributed by atoms with Crippen molar-refractivity contribution in [3.8, 4) is 73.3 Å². The van der Waals surface area contributed by atoms with Gasteiger partial charge in [0.05, 0.1) is 33.3 Å². The van der Waals surface area contributed by atoms with Gasteiger partial charge in [0.25, 0.3) is 0 Å². The Morgan fingerprint density at radius 2 is 0.724 bits per heavy atom. The molecule has 2 aromatic heterocycles. The molecule has 4 nitrogen and oxygen atoms in total. The quantitative estimate of drug-likeness (QED) is 0.173. The molecule has 0 radical (unpaired) electrons. The van der Waals surface area contributed by atoms with Gasteiger partial charge >= 0.3 is 0 Å². The molecule has 0 N–H and O–H groups in total. The molecular formula is C72H45N3O. The third kappa shape index (κ3) is 5.89. The van der Waals surface area contributed by atoms with Crippen molar-refractivity contribution in [3.63, 3.8) is 0 Å². The molecule has 0 bridgehead atoms. The summed E-state index contributed by atoms with van der Waals surface area (Å²) in [6.45, 7) is 0. The minimum atomic E-state index is -0.681. The van der Waals surface area contributed by atoms with Gasteiger partial charge in [-0.05, 0) is 104 Å². The molecule has 0 fully saturated rings. The summed E-state index contributed by atoms with van der Waals surface area (Å²) in [5.41, 5.74) is 21.6. The summed E-state index contributed by atoms with van der Waals surface area (Å²) in [5.74, 6) is 2.35. The first-order valence-electron chi connectivity index (χ1n) is 26.1. The Kier molecular flexibility index (Phi) is 9.13. The molecule has 2 spiro atoms. The average Bonchev–Trinajstić information content (AvgIpc) is 4.16. The first kappa shape index (κ1) is 42.6. The standard InChI is InChI=1S/C72H45N3O/c1-2-19-46(20-3-1)64-45-65(47-37-40-51(41-38-47)75-66-34-15-6-25-54(66)55-26-7-16-35-67(55)75)74-70(73-64)50-22-18-21-48(43-50)49-39-42-63-69(44-49)76-68-36-17-14-33-62(68)72(63)60-31-12-10-29-58(60)71(59-30-11-13-32-61(59)72)56-27-8-4-23-52(56)53-24-5-9-28-57(53)71/h1-45H. The van der Waals surface area contributed by atoms with Crippen LogP contribution in [0.25, 0.3) is 83.6 Å². The van der Waals surface area contributed by atoms with E-state index in [4.69, 9.17) is 14.7 Å². The Balaban J connectivity index is 0.833. The Hall–Kier alpha value is -9.90. The van der Waals surface area contributed by atoms with E-state index in [0.29, 0.717) is 5.82 Å². The predicted molar refractivity (Wildman–Crippen MR) is 307 cm³/mol. The monoisotopic (exact) mass is 967 g/mol. The number of aromatic nitrogens is 3. The van der Waals surface area contributed by atoms with Crippen LogP contribution in [0.15, 0.2) is 273 Å². The maximum atomic E-state index is 7.12. The van der Waals surface area contributed by atoms with E-state index in [-0.39, 0.29) is 0 Å². The lowest BCUT2D eigenvalue weighted by Crippen LogP contribution is -2.45. The molecule has 0 saturated heterocycles. The van der Waals surface area contributed by atoms with Crippen LogP contribution in [-0.4, -0.2) is 14.5 Å². The van der Waals surface area contributed by atoms with Crippen molar-refractivity contribution in [2.75, 3.05) is 0 Å². The van der Waals surface area contributed by atoms with Crippen LogP contribution >= 0.6 is 0 Å². The van der Waals surface area contributed by atoms with Crippen molar-refractivity contribution in [1.82, 2.24) is 14.5 Å². The zero-order chi connectivity index (χ0) is 50.0. The molecule has 0 atom stereocenters. The van der Waals surface area contributed by atoms with Crippen LogP contribution in [0, 0.1) is 0 Å². The number of para-hydroxylation sites is 3. The van der Waals surface area contributed by atoms with Gasteiger partial charge in [0.1, 0.15) is 11.5 Å². The number of benzene rings is 11. The molecule has 0 amide bonds. The van der Waals surface area contributed by atoms with E-state index >= 15 is 0 Å². The highest BCUT2D eigenvalue weighted by Crippen LogP contribution is 2.67. The van der Waals surface area contributed by atoms with Crippen LogP contribution in [0.2, 0.25) is 0 Å². The number of fused-ring (bicyclic) bond motifs is 18. The molecule has 3 heterocycles. The summed E-state index contributed by atoms with van der Waals surface area (Å²) >= 11 is 0. The predicted octanol–water partition coefficient (Wildman–Crippen LogP) is 17.4. The normalized spacial score (nSPS) is 13.8. The zero-order valence-electron chi connectivity index (χ0n) is 41.2. The lowest BCUT2D eigenvalue weighted by molar-refractivity contribution is 0.429. The van der Waals surface area contributed by atoms with E-state index in [0.717, 1.165) is 67.5 Å². The summed E-state index contributed by atoms with van der Waals surface area (Å²) in [6.07, 6.45) is 0. The molecule has 1 aliphatic heterocycles. The van der Waals surface area contributed by atoms with E-state index in [1.807, 2.05) is 6.07 Å². The molecule has 0 saturated carbocycles. The fourth-order valence-electron chi connectivity index (χ4n) is 13.5. The maximum absolute atomic E-state index is 7.12. The second-order valence-electron chi connectivity index (χ2n) is 20.3. The van der Waals surface area contributed by atoms with E-state index in [2.05, 4.69) is 271 Å². The van der Waals surface area contributed by atoms with Crippen molar-refractivity contribution < 1.29 is 4.74 Å². The van der Waals surface area contributed by atoms with Gasteiger partial charge in [0.15, 0.2) is 5.82 Å². The van der Waals surface area contributed by atoms with E-state index in [9.17, 15) is 0 Å². The van der Waals surface area contributed by atoms with Gasteiger partial charge in [-0.25, -0.2) is 9.97 Å². The Bertz CT molecular complexity index is 4360. The molecular weight excluding hydrogens is 923 g/mol. The molecule has 16 rings (SSSR count). The summed E-state index contributed by atoms with van der Waals surface area (Å²) in [6, 6.07) is 99.1. The van der Waals surface area contributed by atoms with Crippen molar-refractivity contribution in [3.05, 3.63) is 317 Å². The van der Waals surface area contributed by atoms with E-state index < -0.39 is 10.8 Å². The molecule has 0 unspecified atom stereocenters. The molecule has 3 aliphatic rings. The first-order chi connectivity index (χ1) is 37.7. The Morgan fingerprint density at radius 3 is 1.34 bits per heavy atom.